The number of benzene rings is 1. The number of nitrogens with zero attached hydrogens (tertiary/aromatic N) is 3. The van der Waals surface area contributed by atoms with Crippen LogP contribution in [0.4, 0.5) is 11.6 Å². The molecule has 0 bridgehead atoms. The lowest BCUT2D eigenvalue weighted by molar-refractivity contribution is 0.0697. The lowest BCUT2D eigenvalue weighted by atomic mass is 10.0. The number of aromatic nitrogens is 2. The maximum atomic E-state index is 10.9. The summed E-state index contributed by atoms with van der Waals surface area (Å²) in [7, 11) is 0. The Morgan fingerprint density at radius 1 is 1.33 bits per heavy atom. The SMILES string of the molecule is CC1CCCN(c2cc(NCc3ccc(C(=O)O)cc3)ncn2)C1. The van der Waals surface area contributed by atoms with Crippen LogP contribution in [0.5, 0.6) is 0 Å². The van der Waals surface area contributed by atoms with Gasteiger partial charge in [-0.25, -0.2) is 14.8 Å². The molecule has 0 saturated carbocycles. The van der Waals surface area contributed by atoms with Crippen molar-refractivity contribution in [3.8, 4) is 0 Å². The van der Waals surface area contributed by atoms with E-state index in [1.165, 1.54) is 12.8 Å². The van der Waals surface area contributed by atoms with E-state index in [-0.39, 0.29) is 0 Å². The lowest BCUT2D eigenvalue weighted by Crippen LogP contribution is -2.34. The fraction of sp³-hybridized carbons (Fsp3) is 0.389. The van der Waals surface area contributed by atoms with Gasteiger partial charge in [-0.3, -0.25) is 0 Å². The summed E-state index contributed by atoms with van der Waals surface area (Å²) in [6.45, 7) is 4.94. The zero-order valence-electron chi connectivity index (χ0n) is 13.8. The molecule has 1 unspecified atom stereocenters. The molecule has 0 radical (unpaired) electrons. The highest BCUT2D eigenvalue weighted by atomic mass is 16.4. The number of nitrogens with one attached hydrogen (secondary N) is 1. The molecule has 3 rings (SSSR count). The Labute approximate surface area is 141 Å². The Balaban J connectivity index is 1.63. The minimum absolute atomic E-state index is 0.294. The van der Waals surface area contributed by atoms with Crippen LogP contribution in [-0.4, -0.2) is 34.1 Å². The van der Waals surface area contributed by atoms with E-state index in [4.69, 9.17) is 5.11 Å². The van der Waals surface area contributed by atoms with Crippen molar-refractivity contribution in [2.45, 2.75) is 26.3 Å². The van der Waals surface area contributed by atoms with Gasteiger partial charge in [-0.1, -0.05) is 19.1 Å². The Morgan fingerprint density at radius 2 is 2.12 bits per heavy atom. The predicted molar refractivity (Wildman–Crippen MR) is 93.4 cm³/mol. The molecule has 1 aliphatic heterocycles. The number of carboxylic acid groups (broad SMARTS) is 1. The largest absolute Gasteiger partial charge is 0.478 e. The van der Waals surface area contributed by atoms with Crippen molar-refractivity contribution in [3.63, 3.8) is 0 Å². The van der Waals surface area contributed by atoms with E-state index in [9.17, 15) is 4.79 Å². The summed E-state index contributed by atoms with van der Waals surface area (Å²) in [4.78, 5) is 21.8. The Morgan fingerprint density at radius 3 is 2.83 bits per heavy atom. The number of piperidine rings is 1. The third kappa shape index (κ3) is 4.01. The second kappa shape index (κ2) is 7.29. The minimum atomic E-state index is -0.911. The van der Waals surface area contributed by atoms with Crippen molar-refractivity contribution in [2.24, 2.45) is 5.92 Å². The van der Waals surface area contributed by atoms with Gasteiger partial charge in [-0.2, -0.15) is 0 Å². The molecule has 6 heteroatoms. The molecule has 24 heavy (non-hydrogen) atoms. The highest BCUT2D eigenvalue weighted by Gasteiger charge is 2.17. The van der Waals surface area contributed by atoms with E-state index in [0.717, 1.165) is 30.3 Å². The number of aromatic carboxylic acids is 1. The van der Waals surface area contributed by atoms with Gasteiger partial charge in [0.2, 0.25) is 0 Å². The van der Waals surface area contributed by atoms with Gasteiger partial charge in [0.05, 0.1) is 5.56 Å². The summed E-state index contributed by atoms with van der Waals surface area (Å²) in [5, 5.41) is 12.2. The quantitative estimate of drug-likeness (QED) is 0.879. The fourth-order valence-electron chi connectivity index (χ4n) is 2.97. The normalized spacial score (nSPS) is 17.5. The molecule has 2 heterocycles. The number of anilines is 2. The lowest BCUT2D eigenvalue weighted by Gasteiger charge is -2.31. The highest BCUT2D eigenvalue weighted by molar-refractivity contribution is 5.87. The third-order valence-electron chi connectivity index (χ3n) is 4.31. The van der Waals surface area contributed by atoms with Crippen LogP contribution in [0.15, 0.2) is 36.7 Å². The third-order valence-corrected chi connectivity index (χ3v) is 4.31. The van der Waals surface area contributed by atoms with Crippen LogP contribution in [0, 0.1) is 5.92 Å². The molecule has 2 aromatic rings. The smallest absolute Gasteiger partial charge is 0.335 e. The number of rotatable bonds is 5. The summed E-state index contributed by atoms with van der Waals surface area (Å²) < 4.78 is 0. The van der Waals surface area contributed by atoms with Crippen LogP contribution in [0.2, 0.25) is 0 Å². The van der Waals surface area contributed by atoms with Crippen LogP contribution in [0.25, 0.3) is 0 Å². The van der Waals surface area contributed by atoms with Gasteiger partial charge in [0, 0.05) is 25.7 Å². The molecule has 6 nitrogen and oxygen atoms in total. The minimum Gasteiger partial charge on any atom is -0.478 e. The van der Waals surface area contributed by atoms with Crippen LogP contribution < -0.4 is 10.2 Å². The van der Waals surface area contributed by atoms with Gasteiger partial charge < -0.3 is 15.3 Å². The van der Waals surface area contributed by atoms with E-state index in [1.807, 2.05) is 18.2 Å². The molecule has 0 aliphatic carbocycles. The summed E-state index contributed by atoms with van der Waals surface area (Å²) in [6.07, 6.45) is 4.06. The summed E-state index contributed by atoms with van der Waals surface area (Å²) in [5.41, 5.74) is 1.30. The number of carbonyl (C=O) groups is 1. The van der Waals surface area contributed by atoms with Crippen molar-refractivity contribution < 1.29 is 9.90 Å². The summed E-state index contributed by atoms with van der Waals surface area (Å²) in [5.74, 6) is 1.52. The van der Waals surface area contributed by atoms with E-state index < -0.39 is 5.97 Å². The van der Waals surface area contributed by atoms with E-state index in [2.05, 4.69) is 27.1 Å². The van der Waals surface area contributed by atoms with Gasteiger partial charge in [0.15, 0.2) is 0 Å². The summed E-state index contributed by atoms with van der Waals surface area (Å²) >= 11 is 0. The molecule has 1 atom stereocenters. The molecule has 1 saturated heterocycles. The first-order valence-corrected chi connectivity index (χ1v) is 8.25. The molecule has 126 valence electrons. The zero-order valence-corrected chi connectivity index (χ0v) is 13.8. The number of hydrogen-bond donors (Lipinski definition) is 2. The topological polar surface area (TPSA) is 78.4 Å². The first-order chi connectivity index (χ1) is 11.6. The molecule has 2 N–H and O–H groups in total. The van der Waals surface area contributed by atoms with Crippen molar-refractivity contribution in [3.05, 3.63) is 47.8 Å². The fourth-order valence-corrected chi connectivity index (χ4v) is 2.97. The van der Waals surface area contributed by atoms with Gasteiger partial charge in [-0.05, 0) is 36.5 Å². The Bertz CT molecular complexity index is 702. The van der Waals surface area contributed by atoms with Gasteiger partial charge in [0.25, 0.3) is 0 Å². The molecule has 0 spiro atoms. The molecule has 0 amide bonds. The first kappa shape index (κ1) is 16.2. The molecule has 1 aromatic heterocycles. The number of hydrogen-bond acceptors (Lipinski definition) is 5. The van der Waals surface area contributed by atoms with Crippen LogP contribution in [-0.2, 0) is 6.54 Å². The van der Waals surface area contributed by atoms with Crippen LogP contribution in [0.1, 0.15) is 35.7 Å². The average molecular weight is 326 g/mol. The Kier molecular flexibility index (Phi) is 4.93. The summed E-state index contributed by atoms with van der Waals surface area (Å²) in [6, 6.07) is 8.82. The second-order valence-electron chi connectivity index (χ2n) is 6.31. The van der Waals surface area contributed by atoms with Gasteiger partial charge >= 0.3 is 5.97 Å². The van der Waals surface area contributed by atoms with E-state index in [0.29, 0.717) is 18.0 Å². The Hall–Kier alpha value is -2.63. The number of carboxylic acids is 1. The maximum absolute atomic E-state index is 10.9. The maximum Gasteiger partial charge on any atom is 0.335 e. The molecule has 1 aliphatic rings. The van der Waals surface area contributed by atoms with E-state index in [1.54, 1.807) is 18.5 Å². The highest BCUT2D eigenvalue weighted by Crippen LogP contribution is 2.22. The monoisotopic (exact) mass is 326 g/mol. The van der Waals surface area contributed by atoms with Crippen molar-refractivity contribution in [2.75, 3.05) is 23.3 Å². The molecular weight excluding hydrogens is 304 g/mol. The van der Waals surface area contributed by atoms with Gasteiger partial charge in [0.1, 0.15) is 18.0 Å². The van der Waals surface area contributed by atoms with Crippen LogP contribution in [0.3, 0.4) is 0 Å². The van der Waals surface area contributed by atoms with Crippen LogP contribution >= 0.6 is 0 Å². The predicted octanol–water partition coefficient (Wildman–Crippen LogP) is 3.02. The van der Waals surface area contributed by atoms with Gasteiger partial charge in [-0.15, -0.1) is 0 Å². The van der Waals surface area contributed by atoms with Crippen molar-refractivity contribution >= 4 is 17.6 Å². The second-order valence-corrected chi connectivity index (χ2v) is 6.31. The van der Waals surface area contributed by atoms with Crippen molar-refractivity contribution in [1.82, 2.24) is 9.97 Å². The molecule has 1 fully saturated rings. The molecule has 1 aromatic carbocycles. The molecular formula is C18H22N4O2. The van der Waals surface area contributed by atoms with Crippen molar-refractivity contribution in [1.29, 1.82) is 0 Å². The first-order valence-electron chi connectivity index (χ1n) is 8.25. The average Bonchev–Trinajstić information content (AvgIpc) is 2.60. The zero-order chi connectivity index (χ0) is 16.9. The standard InChI is InChI=1S/C18H22N4O2/c1-13-3-2-8-22(11-13)17-9-16(20-12-21-17)19-10-14-4-6-15(7-5-14)18(23)24/h4-7,9,12-13H,2-3,8,10-11H2,1H3,(H,23,24)(H,19,20,21). The van der Waals surface area contributed by atoms with E-state index >= 15 is 0 Å².